The maximum atomic E-state index is 10.1. The molecule has 0 radical (unpaired) electrons. The van der Waals surface area contributed by atoms with E-state index < -0.39 is 78.4 Å². The Morgan fingerprint density at radius 2 is 0.846 bits per heavy atom. The van der Waals surface area contributed by atoms with Crippen LogP contribution < -0.4 is 40.1 Å². The molecule has 52 heavy (non-hydrogen) atoms. The van der Waals surface area contributed by atoms with Crippen molar-refractivity contribution in [1.82, 2.24) is 0 Å². The van der Waals surface area contributed by atoms with Crippen LogP contribution in [0, 0.1) is 0 Å². The first kappa shape index (κ1) is 67.1. The summed E-state index contributed by atoms with van der Waals surface area (Å²) in [6.45, 7) is 4.83. The third-order valence-corrected chi connectivity index (χ3v) is 5.52. The number of halogens is 2. The van der Waals surface area contributed by atoms with Crippen LogP contribution in [0.3, 0.4) is 0 Å². The Hall–Kier alpha value is -3.10. The molecule has 0 saturated carbocycles. The topological polar surface area (TPSA) is 463 Å². The monoisotopic (exact) mass is 825 g/mol. The van der Waals surface area contributed by atoms with E-state index in [0.29, 0.717) is 32.4 Å². The second kappa shape index (κ2) is 45.9. The maximum Gasteiger partial charge on any atom is 0.321 e. The molecule has 0 bridgehead atoms. The number of nitrogens with two attached hydrogens (primary N) is 7. The van der Waals surface area contributed by atoms with Gasteiger partial charge in [-0.25, -0.2) is 0 Å². The average Bonchev–Trinajstić information content (AvgIpc) is 3.02. The van der Waals surface area contributed by atoms with E-state index in [1.807, 2.05) is 6.92 Å². The zero-order valence-electron chi connectivity index (χ0n) is 29.2. The van der Waals surface area contributed by atoms with E-state index in [0.717, 1.165) is 19.3 Å². The van der Waals surface area contributed by atoms with Crippen LogP contribution in [0.5, 0.6) is 0 Å². The fraction of sp³-hybridized carbons (Fsp3) is 0.741. The van der Waals surface area contributed by atoms with Gasteiger partial charge in [0, 0.05) is 12.2 Å². The number of hydrogen-bond acceptors (Lipinski definition) is 16. The third kappa shape index (κ3) is 65.3. The molecule has 22 N–H and O–H groups in total. The van der Waals surface area contributed by atoms with Gasteiger partial charge in [0.25, 0.3) is 0 Å². The Balaban J connectivity index is -0.0000000747. The van der Waals surface area contributed by atoms with Gasteiger partial charge in [0.1, 0.15) is 30.2 Å². The number of aliphatic hydroxyl groups excluding tert-OH is 1. The quantitative estimate of drug-likeness (QED) is 0.0483. The summed E-state index contributed by atoms with van der Waals surface area (Å²) in [4.78, 5) is 69.4. The lowest BCUT2D eigenvalue weighted by Crippen LogP contribution is -2.32. The number of carboxylic acids is 7. The lowest BCUT2D eigenvalue weighted by atomic mass is 10.1. The van der Waals surface area contributed by atoms with Crippen molar-refractivity contribution in [1.29, 1.82) is 0 Å². The molecule has 314 valence electrons. The summed E-state index contributed by atoms with van der Waals surface area (Å²) in [5.41, 5.74) is 35.5. The van der Waals surface area contributed by atoms with Gasteiger partial charge in [0.2, 0.25) is 0 Å². The van der Waals surface area contributed by atoms with E-state index >= 15 is 0 Å². The maximum absolute atomic E-state index is 10.1. The summed E-state index contributed by atoms with van der Waals surface area (Å²) in [6, 6.07) is -4.62. The standard InChI is InChI=1S/C6H14N2O2.C5H12N2O2.C5H9NO4.C4H7NO4.C4H10O.C3H7NO2S.2ClH/c7-4-2-1-3-5(8)6(9)10;6-3-1-2-4(7)5(8)9;6-3(5(9)10)1-2-4(7)8;5-2(4(8)9)1-3(6)7;1-3-4(2)5;4-2(1-7)3(5)6;;/h5H,1-4,7-8H2,(H,9,10);4H,1-3,6-7H2,(H,8,9);3H,1-2,6H2,(H,7,8)(H,9,10);2H,1,5H2,(H,6,7)(H,8,9);4-5H,3H2,1-2H3;2,7H,1,4H2,(H,5,6);2*1H. The predicted octanol–water partition coefficient (Wildman–Crippen LogP) is -2.25. The first-order valence-corrected chi connectivity index (χ1v) is 15.6. The molecular weight excluding hydrogens is 765 g/mol. The molecule has 25 heteroatoms. The van der Waals surface area contributed by atoms with Gasteiger partial charge in [-0.3, -0.25) is 33.6 Å². The molecule has 0 aromatic heterocycles. The summed E-state index contributed by atoms with van der Waals surface area (Å²) >= 11 is 3.65. The van der Waals surface area contributed by atoms with E-state index in [9.17, 15) is 33.6 Å². The van der Waals surface area contributed by atoms with Crippen molar-refractivity contribution in [3.8, 4) is 0 Å². The van der Waals surface area contributed by atoms with Crippen molar-refractivity contribution in [2.75, 3.05) is 18.8 Å². The van der Waals surface area contributed by atoms with E-state index in [4.69, 9.17) is 81.0 Å². The van der Waals surface area contributed by atoms with Gasteiger partial charge in [0.15, 0.2) is 0 Å². The fourth-order valence-electron chi connectivity index (χ4n) is 1.85. The van der Waals surface area contributed by atoms with Crippen LogP contribution in [-0.2, 0) is 33.6 Å². The number of unbranched alkanes of at least 4 members (excludes halogenated alkanes) is 1. The van der Waals surface area contributed by atoms with Crippen molar-refractivity contribution in [2.45, 2.75) is 108 Å². The van der Waals surface area contributed by atoms with Gasteiger partial charge in [-0.05, 0) is 58.5 Å². The highest BCUT2D eigenvalue weighted by Crippen LogP contribution is 1.97. The summed E-state index contributed by atoms with van der Waals surface area (Å²) in [5.74, 6) is -7.40. The second-order valence-corrected chi connectivity index (χ2v) is 10.3. The zero-order chi connectivity index (χ0) is 41.0. The van der Waals surface area contributed by atoms with E-state index in [-0.39, 0.29) is 49.5 Å². The molecule has 0 aromatic carbocycles. The first-order chi connectivity index (χ1) is 22.9. The van der Waals surface area contributed by atoms with Crippen LogP contribution in [0.15, 0.2) is 0 Å². The third-order valence-electron chi connectivity index (χ3n) is 5.13. The molecule has 0 aliphatic rings. The number of rotatable bonds is 19. The van der Waals surface area contributed by atoms with Gasteiger partial charge in [-0.15, -0.1) is 24.8 Å². The minimum atomic E-state index is -1.29. The van der Waals surface area contributed by atoms with E-state index in [2.05, 4.69) is 12.6 Å². The Morgan fingerprint density at radius 1 is 0.538 bits per heavy atom. The Bertz CT molecular complexity index is 946. The van der Waals surface area contributed by atoms with Crippen molar-refractivity contribution in [3.05, 3.63) is 0 Å². The SMILES string of the molecule is CCC(C)O.Cl.Cl.NC(CC(=O)O)C(=O)O.NC(CCC(=O)O)C(=O)O.NC(CS)C(=O)O.NCCCC(N)C(=O)O.NCCCCC(N)C(=O)O. The van der Waals surface area contributed by atoms with Gasteiger partial charge in [-0.2, -0.15) is 12.6 Å². The van der Waals surface area contributed by atoms with Crippen LogP contribution in [0.2, 0.25) is 0 Å². The molecule has 0 amide bonds. The van der Waals surface area contributed by atoms with Crippen LogP contribution in [-0.4, -0.2) is 138 Å². The first-order valence-electron chi connectivity index (χ1n) is 14.9. The number of aliphatic carboxylic acids is 7. The molecule has 0 saturated heterocycles. The zero-order valence-corrected chi connectivity index (χ0v) is 31.7. The summed E-state index contributed by atoms with van der Waals surface area (Å²) in [6.07, 6.45) is 3.29. The Labute approximate surface area is 320 Å². The highest BCUT2D eigenvalue weighted by atomic mass is 35.5. The number of hydrogen-bond donors (Lipinski definition) is 16. The molecule has 0 aliphatic carbocycles. The summed E-state index contributed by atoms with van der Waals surface area (Å²) in [5, 5.41) is 65.2. The Morgan fingerprint density at radius 3 is 1.04 bits per heavy atom. The minimum absolute atomic E-state index is 0. The number of carbonyl (C=O) groups is 7. The molecule has 6 unspecified atom stereocenters. The second-order valence-electron chi connectivity index (χ2n) is 9.91. The van der Waals surface area contributed by atoms with Crippen LogP contribution >= 0.6 is 37.4 Å². The van der Waals surface area contributed by atoms with Crippen molar-refractivity contribution in [2.24, 2.45) is 40.1 Å². The predicted molar refractivity (Wildman–Crippen MR) is 199 cm³/mol. The average molecular weight is 827 g/mol. The number of thiol groups is 1. The van der Waals surface area contributed by atoms with Crippen LogP contribution in [0.4, 0.5) is 0 Å². The minimum Gasteiger partial charge on any atom is -0.481 e. The van der Waals surface area contributed by atoms with Gasteiger partial charge in [0.05, 0.1) is 12.5 Å². The molecule has 6 atom stereocenters. The molecule has 0 heterocycles. The van der Waals surface area contributed by atoms with E-state index in [1.54, 1.807) is 6.92 Å². The molecule has 0 rings (SSSR count). The van der Waals surface area contributed by atoms with Crippen LogP contribution in [0.25, 0.3) is 0 Å². The fourth-order valence-corrected chi connectivity index (χ4v) is 2.01. The largest absolute Gasteiger partial charge is 0.481 e. The van der Waals surface area contributed by atoms with Gasteiger partial charge in [-0.1, -0.05) is 13.3 Å². The lowest BCUT2D eigenvalue weighted by molar-refractivity contribution is -0.144. The van der Waals surface area contributed by atoms with Gasteiger partial charge < -0.3 is 81.0 Å². The molecule has 22 nitrogen and oxygen atoms in total. The normalized spacial score (nSPS) is 12.6. The number of aliphatic hydroxyl groups is 1. The van der Waals surface area contributed by atoms with Gasteiger partial charge >= 0.3 is 41.8 Å². The Kier molecular flexibility index (Phi) is 59.2. The highest BCUT2D eigenvalue weighted by Gasteiger charge is 2.15. The smallest absolute Gasteiger partial charge is 0.321 e. The summed E-state index contributed by atoms with van der Waals surface area (Å²) < 4.78 is 0. The molecule has 0 aliphatic heterocycles. The molecule has 0 spiro atoms. The molecule has 0 aromatic rings. The van der Waals surface area contributed by atoms with Crippen LogP contribution in [0.1, 0.15) is 71.6 Å². The van der Waals surface area contributed by atoms with E-state index in [1.165, 1.54) is 0 Å². The van der Waals surface area contributed by atoms with Crippen molar-refractivity contribution in [3.63, 3.8) is 0 Å². The van der Waals surface area contributed by atoms with Crippen molar-refractivity contribution < 1.29 is 74.4 Å². The lowest BCUT2D eigenvalue weighted by Gasteiger charge is -2.03. The number of carboxylic acid groups (broad SMARTS) is 7. The highest BCUT2D eigenvalue weighted by molar-refractivity contribution is 7.80. The summed E-state index contributed by atoms with van der Waals surface area (Å²) in [7, 11) is 0. The molecular formula is C27H61Cl2N7O15S. The molecule has 0 fully saturated rings. The van der Waals surface area contributed by atoms with Crippen molar-refractivity contribution >= 4 is 79.2 Å².